The Bertz CT molecular complexity index is 317. The van der Waals surface area contributed by atoms with Crippen LogP contribution in [0, 0.1) is 12.3 Å². The molecule has 0 rings (SSSR count). The summed E-state index contributed by atoms with van der Waals surface area (Å²) in [4.78, 5) is 24.6. The fourth-order valence-corrected chi connectivity index (χ4v) is 1.43. The second-order valence-electron chi connectivity index (χ2n) is 3.78. The molecule has 0 aliphatic carbocycles. The molecule has 1 amide bonds. The molecule has 18 heavy (non-hydrogen) atoms. The van der Waals surface area contributed by atoms with E-state index in [9.17, 15) is 9.59 Å². The number of hydrogen-bond donors (Lipinski definition) is 0. The van der Waals surface area contributed by atoms with E-state index >= 15 is 0 Å². The molecule has 0 saturated carbocycles. The summed E-state index contributed by atoms with van der Waals surface area (Å²) in [7, 11) is 0. The first-order valence-electron chi connectivity index (χ1n) is 6.13. The minimum Gasteiger partial charge on any atom is -0.465 e. The number of amides is 1. The van der Waals surface area contributed by atoms with Gasteiger partial charge in [-0.3, -0.25) is 9.59 Å². The topological polar surface area (TPSA) is 46.6 Å². The van der Waals surface area contributed by atoms with Crippen LogP contribution in [0.5, 0.6) is 0 Å². The third-order valence-electron chi connectivity index (χ3n) is 2.29. The van der Waals surface area contributed by atoms with Crippen LogP contribution in [-0.2, 0) is 14.3 Å². The van der Waals surface area contributed by atoms with Crippen LogP contribution in [0.2, 0.25) is 0 Å². The number of esters is 1. The lowest BCUT2D eigenvalue weighted by Crippen LogP contribution is -2.36. The van der Waals surface area contributed by atoms with E-state index in [4.69, 9.17) is 11.2 Å². The number of hydrogen-bond acceptors (Lipinski definition) is 3. The number of unbranched alkanes of at least 4 members (excludes halogenated alkanes) is 2. The molecule has 0 N–H and O–H groups in total. The molecule has 100 valence electrons. The average molecular weight is 251 g/mol. The standard InChI is InChI=1S/C14H21NO3/c1-4-7-8-9-10-13(16)15(11-5-2)12-14(17)18-6-3/h1,5H,2,6-12H2,3H3. The summed E-state index contributed by atoms with van der Waals surface area (Å²) in [5.74, 6) is 2.07. The predicted octanol–water partition coefficient (Wildman–Crippen LogP) is 1.76. The highest BCUT2D eigenvalue weighted by molar-refractivity contribution is 5.82. The first-order valence-corrected chi connectivity index (χ1v) is 6.13. The SMILES string of the molecule is C#CCCCCC(=O)N(CC=C)CC(=O)OCC. The first kappa shape index (κ1) is 16.2. The van der Waals surface area contributed by atoms with Crippen LogP contribution in [0.4, 0.5) is 0 Å². The third-order valence-corrected chi connectivity index (χ3v) is 2.29. The molecule has 0 aromatic carbocycles. The molecular formula is C14H21NO3. The van der Waals surface area contributed by atoms with E-state index in [2.05, 4.69) is 12.5 Å². The zero-order valence-corrected chi connectivity index (χ0v) is 11.0. The van der Waals surface area contributed by atoms with E-state index in [0.717, 1.165) is 12.8 Å². The molecule has 0 radical (unpaired) electrons. The minimum absolute atomic E-state index is 0.0200. The van der Waals surface area contributed by atoms with Gasteiger partial charge in [-0.15, -0.1) is 18.9 Å². The quantitative estimate of drug-likeness (QED) is 0.271. The summed E-state index contributed by atoms with van der Waals surface area (Å²) in [6.07, 6.45) is 9.36. The van der Waals surface area contributed by atoms with Crippen molar-refractivity contribution in [2.75, 3.05) is 19.7 Å². The summed E-state index contributed by atoms with van der Waals surface area (Å²) in [5, 5.41) is 0. The number of rotatable bonds is 9. The average Bonchev–Trinajstić information content (AvgIpc) is 2.34. The summed E-state index contributed by atoms with van der Waals surface area (Å²) in [5.41, 5.74) is 0. The van der Waals surface area contributed by atoms with Gasteiger partial charge in [-0.25, -0.2) is 0 Å². The van der Waals surface area contributed by atoms with Gasteiger partial charge in [0.05, 0.1) is 6.61 Å². The van der Waals surface area contributed by atoms with Gasteiger partial charge in [0.25, 0.3) is 0 Å². The van der Waals surface area contributed by atoms with Crippen molar-refractivity contribution in [2.24, 2.45) is 0 Å². The Kier molecular flexibility index (Phi) is 9.38. The van der Waals surface area contributed by atoms with E-state index in [1.807, 2.05) is 0 Å². The predicted molar refractivity (Wildman–Crippen MR) is 70.7 cm³/mol. The molecule has 0 fully saturated rings. The minimum atomic E-state index is -0.392. The number of ether oxygens (including phenoxy) is 1. The van der Waals surface area contributed by atoms with Crippen LogP contribution >= 0.6 is 0 Å². The molecule has 0 spiro atoms. The van der Waals surface area contributed by atoms with Crippen LogP contribution in [0.15, 0.2) is 12.7 Å². The maximum Gasteiger partial charge on any atom is 0.325 e. The Balaban J connectivity index is 4.14. The first-order chi connectivity index (χ1) is 8.65. The highest BCUT2D eigenvalue weighted by Gasteiger charge is 2.15. The Morgan fingerprint density at radius 1 is 1.44 bits per heavy atom. The fourth-order valence-electron chi connectivity index (χ4n) is 1.43. The van der Waals surface area contributed by atoms with Crippen molar-refractivity contribution in [3.63, 3.8) is 0 Å². The number of carbonyl (C=O) groups excluding carboxylic acids is 2. The monoisotopic (exact) mass is 251 g/mol. The maximum absolute atomic E-state index is 11.9. The Labute approximate surface area is 109 Å². The fraction of sp³-hybridized carbons (Fsp3) is 0.571. The molecule has 0 aliphatic rings. The zero-order chi connectivity index (χ0) is 13.8. The largest absolute Gasteiger partial charge is 0.465 e. The van der Waals surface area contributed by atoms with E-state index < -0.39 is 5.97 Å². The van der Waals surface area contributed by atoms with E-state index in [1.165, 1.54) is 4.90 Å². The lowest BCUT2D eigenvalue weighted by molar-refractivity contribution is -0.148. The number of carbonyl (C=O) groups is 2. The van der Waals surface area contributed by atoms with Gasteiger partial charge in [0.1, 0.15) is 6.54 Å². The summed E-state index contributed by atoms with van der Waals surface area (Å²) < 4.78 is 4.82. The zero-order valence-electron chi connectivity index (χ0n) is 11.0. The molecule has 0 saturated heterocycles. The van der Waals surface area contributed by atoms with Crippen molar-refractivity contribution in [1.82, 2.24) is 4.90 Å². The summed E-state index contributed by atoms with van der Waals surface area (Å²) >= 11 is 0. The van der Waals surface area contributed by atoms with Gasteiger partial charge in [0.15, 0.2) is 0 Å². The van der Waals surface area contributed by atoms with E-state index in [-0.39, 0.29) is 12.5 Å². The molecular weight excluding hydrogens is 230 g/mol. The highest BCUT2D eigenvalue weighted by Crippen LogP contribution is 2.03. The van der Waals surface area contributed by atoms with Gasteiger partial charge in [0.2, 0.25) is 5.91 Å². The van der Waals surface area contributed by atoms with Crippen LogP contribution in [0.25, 0.3) is 0 Å². The van der Waals surface area contributed by atoms with Crippen molar-refractivity contribution in [1.29, 1.82) is 0 Å². The van der Waals surface area contributed by atoms with Gasteiger partial charge in [-0.05, 0) is 19.8 Å². The van der Waals surface area contributed by atoms with Gasteiger partial charge < -0.3 is 9.64 Å². The van der Waals surface area contributed by atoms with Crippen LogP contribution in [0.1, 0.15) is 32.6 Å². The molecule has 4 nitrogen and oxygen atoms in total. The highest BCUT2D eigenvalue weighted by atomic mass is 16.5. The normalized spacial score (nSPS) is 9.33. The van der Waals surface area contributed by atoms with Gasteiger partial charge in [-0.1, -0.05) is 6.08 Å². The maximum atomic E-state index is 11.9. The molecule has 4 heteroatoms. The Morgan fingerprint density at radius 2 is 2.17 bits per heavy atom. The van der Waals surface area contributed by atoms with Crippen molar-refractivity contribution < 1.29 is 14.3 Å². The molecule has 0 heterocycles. The third kappa shape index (κ3) is 7.50. The summed E-state index contributed by atoms with van der Waals surface area (Å²) in [6.45, 7) is 5.96. The molecule has 0 unspecified atom stereocenters. The lowest BCUT2D eigenvalue weighted by Gasteiger charge is -2.19. The second-order valence-corrected chi connectivity index (χ2v) is 3.78. The number of terminal acetylenes is 1. The Hall–Kier alpha value is -1.76. The lowest BCUT2D eigenvalue weighted by atomic mass is 10.2. The van der Waals surface area contributed by atoms with Crippen molar-refractivity contribution in [3.05, 3.63) is 12.7 Å². The second kappa shape index (κ2) is 10.4. The van der Waals surface area contributed by atoms with Gasteiger partial charge in [-0.2, -0.15) is 0 Å². The summed E-state index contributed by atoms with van der Waals surface area (Å²) in [6, 6.07) is 0. The van der Waals surface area contributed by atoms with E-state index in [1.54, 1.807) is 13.0 Å². The van der Waals surface area contributed by atoms with E-state index in [0.29, 0.717) is 26.0 Å². The molecule has 0 bridgehead atoms. The molecule has 0 aliphatic heterocycles. The van der Waals surface area contributed by atoms with Crippen LogP contribution in [-0.4, -0.2) is 36.5 Å². The molecule has 0 aromatic rings. The van der Waals surface area contributed by atoms with Crippen molar-refractivity contribution in [3.8, 4) is 12.3 Å². The van der Waals surface area contributed by atoms with Crippen LogP contribution < -0.4 is 0 Å². The smallest absolute Gasteiger partial charge is 0.325 e. The number of nitrogens with zero attached hydrogens (tertiary/aromatic N) is 1. The van der Waals surface area contributed by atoms with Crippen LogP contribution in [0.3, 0.4) is 0 Å². The molecule has 0 atom stereocenters. The molecule has 0 aromatic heterocycles. The van der Waals surface area contributed by atoms with Crippen molar-refractivity contribution in [2.45, 2.75) is 32.6 Å². The Morgan fingerprint density at radius 3 is 2.72 bits per heavy atom. The van der Waals surface area contributed by atoms with Gasteiger partial charge in [0, 0.05) is 19.4 Å². The van der Waals surface area contributed by atoms with Crippen molar-refractivity contribution >= 4 is 11.9 Å². The van der Waals surface area contributed by atoms with Gasteiger partial charge >= 0.3 is 5.97 Å².